The summed E-state index contributed by atoms with van der Waals surface area (Å²) in [5.74, 6) is 0.410. The summed E-state index contributed by atoms with van der Waals surface area (Å²) >= 11 is 3.11. The molecule has 104 valence electrons. The smallest absolute Gasteiger partial charge is 0.244 e. The molecule has 1 aromatic carbocycles. The number of halogens is 1. The molecule has 0 amide bonds. The monoisotopic (exact) mass is 346 g/mol. The molecule has 1 aliphatic heterocycles. The lowest BCUT2D eigenvalue weighted by atomic mass is 10.1. The van der Waals surface area contributed by atoms with Crippen molar-refractivity contribution in [3.8, 4) is 5.75 Å². The molecular formula is C12H15BrN2O3S. The number of anilines is 1. The zero-order valence-corrected chi connectivity index (χ0v) is 12.7. The number of nitrogens with one attached hydrogen (secondary N) is 1. The van der Waals surface area contributed by atoms with Gasteiger partial charge in [-0.2, -0.15) is 0 Å². The van der Waals surface area contributed by atoms with Gasteiger partial charge in [-0.05, 0) is 30.5 Å². The first-order chi connectivity index (χ1) is 8.90. The van der Waals surface area contributed by atoms with Crippen LogP contribution in [0.25, 0.3) is 0 Å². The third-order valence-corrected chi connectivity index (χ3v) is 4.42. The maximum atomic E-state index is 12.3. The van der Waals surface area contributed by atoms with Gasteiger partial charge in [0.05, 0.1) is 6.61 Å². The number of nitrogens with two attached hydrogens (primary N) is 1. The van der Waals surface area contributed by atoms with E-state index in [9.17, 15) is 8.42 Å². The molecular weight excluding hydrogens is 332 g/mol. The number of rotatable bonds is 4. The van der Waals surface area contributed by atoms with Gasteiger partial charge in [0.15, 0.2) is 0 Å². The molecule has 0 aliphatic carbocycles. The summed E-state index contributed by atoms with van der Waals surface area (Å²) in [7, 11) is -3.67. The van der Waals surface area contributed by atoms with Gasteiger partial charge in [-0.25, -0.2) is 13.1 Å². The highest BCUT2D eigenvalue weighted by atomic mass is 79.9. The molecule has 1 heterocycles. The Morgan fingerprint density at radius 1 is 1.53 bits per heavy atom. The summed E-state index contributed by atoms with van der Waals surface area (Å²) in [4.78, 5) is 0.0935. The fourth-order valence-corrected chi connectivity index (χ4v) is 3.49. The Morgan fingerprint density at radius 2 is 2.26 bits per heavy atom. The van der Waals surface area contributed by atoms with Gasteiger partial charge in [0.2, 0.25) is 10.0 Å². The summed E-state index contributed by atoms with van der Waals surface area (Å²) < 4.78 is 33.0. The normalized spacial score (nSPS) is 14.6. The fourth-order valence-electron chi connectivity index (χ4n) is 1.92. The van der Waals surface area contributed by atoms with Gasteiger partial charge >= 0.3 is 0 Å². The van der Waals surface area contributed by atoms with Gasteiger partial charge in [-0.1, -0.05) is 22.5 Å². The van der Waals surface area contributed by atoms with Crippen LogP contribution in [-0.4, -0.2) is 21.6 Å². The van der Waals surface area contributed by atoms with Gasteiger partial charge < -0.3 is 10.5 Å². The number of sulfonamides is 1. The average molecular weight is 347 g/mol. The number of hydrogen-bond donors (Lipinski definition) is 2. The Morgan fingerprint density at radius 3 is 2.95 bits per heavy atom. The van der Waals surface area contributed by atoms with Crippen molar-refractivity contribution in [2.75, 3.05) is 18.9 Å². The summed E-state index contributed by atoms with van der Waals surface area (Å²) in [6.07, 6.45) is 1.63. The molecule has 3 N–H and O–H groups in total. The van der Waals surface area contributed by atoms with E-state index in [1.165, 1.54) is 6.07 Å². The SMILES string of the molecule is C=C(Br)CNS(=O)(=O)c1cc(N)cc2c1OCCC2. The van der Waals surface area contributed by atoms with E-state index >= 15 is 0 Å². The summed E-state index contributed by atoms with van der Waals surface area (Å²) in [6, 6.07) is 3.18. The van der Waals surface area contributed by atoms with Gasteiger partial charge in [-0.3, -0.25) is 0 Å². The molecule has 7 heteroatoms. The van der Waals surface area contributed by atoms with E-state index < -0.39 is 10.0 Å². The standard InChI is InChI=1S/C12H15BrN2O3S/c1-8(13)7-15-19(16,17)11-6-10(14)5-9-3-2-4-18-12(9)11/h5-6,15H,1-4,7,14H2. The van der Waals surface area contributed by atoms with E-state index in [1.54, 1.807) is 6.07 Å². The highest BCUT2D eigenvalue weighted by molar-refractivity contribution is 9.11. The molecule has 0 fully saturated rings. The largest absolute Gasteiger partial charge is 0.492 e. The summed E-state index contributed by atoms with van der Waals surface area (Å²) in [6.45, 7) is 4.23. The lowest BCUT2D eigenvalue weighted by Crippen LogP contribution is -2.26. The Labute approximate surface area is 121 Å². The highest BCUT2D eigenvalue weighted by Crippen LogP contribution is 2.34. The molecule has 1 aliphatic rings. The van der Waals surface area contributed by atoms with Crippen molar-refractivity contribution >= 4 is 31.6 Å². The Bertz CT molecular complexity index is 614. The predicted octanol–water partition coefficient (Wildman–Crippen LogP) is 1.78. The minimum absolute atomic E-state index is 0.0935. The van der Waals surface area contributed by atoms with E-state index in [2.05, 4.69) is 27.2 Å². The second kappa shape index (κ2) is 5.52. The minimum atomic E-state index is -3.67. The van der Waals surface area contributed by atoms with Gasteiger partial charge in [0.1, 0.15) is 10.6 Å². The van der Waals surface area contributed by atoms with Crippen LogP contribution in [0.5, 0.6) is 5.75 Å². The first-order valence-electron chi connectivity index (χ1n) is 5.78. The van der Waals surface area contributed by atoms with Crippen LogP contribution in [0.4, 0.5) is 5.69 Å². The van der Waals surface area contributed by atoms with Crippen LogP contribution >= 0.6 is 15.9 Å². The number of hydrogen-bond acceptors (Lipinski definition) is 4. The zero-order chi connectivity index (χ0) is 14.0. The molecule has 0 spiro atoms. The summed E-state index contributed by atoms with van der Waals surface area (Å²) in [5, 5.41) is 0. The molecule has 0 atom stereocenters. The van der Waals surface area contributed by atoms with Gasteiger partial charge in [0.25, 0.3) is 0 Å². The molecule has 0 radical (unpaired) electrons. The number of benzene rings is 1. The first kappa shape index (κ1) is 14.4. The quantitative estimate of drug-likeness (QED) is 0.814. The van der Waals surface area contributed by atoms with Crippen molar-refractivity contribution in [2.24, 2.45) is 0 Å². The zero-order valence-electron chi connectivity index (χ0n) is 10.3. The maximum absolute atomic E-state index is 12.3. The second-order valence-corrected chi connectivity index (χ2v) is 7.16. The molecule has 0 bridgehead atoms. The van der Waals surface area contributed by atoms with Crippen LogP contribution in [0.3, 0.4) is 0 Å². The van der Waals surface area contributed by atoms with Crippen LogP contribution in [-0.2, 0) is 16.4 Å². The van der Waals surface area contributed by atoms with E-state index in [-0.39, 0.29) is 11.4 Å². The number of ether oxygens (including phenoxy) is 1. The lowest BCUT2D eigenvalue weighted by Gasteiger charge is -2.21. The highest BCUT2D eigenvalue weighted by Gasteiger charge is 2.24. The van der Waals surface area contributed by atoms with Crippen LogP contribution in [0.2, 0.25) is 0 Å². The lowest BCUT2D eigenvalue weighted by molar-refractivity contribution is 0.280. The molecule has 2 rings (SSSR count). The molecule has 0 aromatic heterocycles. The van der Waals surface area contributed by atoms with E-state index in [0.717, 1.165) is 18.4 Å². The second-order valence-electron chi connectivity index (χ2n) is 4.30. The third-order valence-electron chi connectivity index (χ3n) is 2.73. The molecule has 5 nitrogen and oxygen atoms in total. The third kappa shape index (κ3) is 3.29. The van der Waals surface area contributed by atoms with E-state index in [0.29, 0.717) is 22.5 Å². The maximum Gasteiger partial charge on any atom is 0.244 e. The summed E-state index contributed by atoms with van der Waals surface area (Å²) in [5.41, 5.74) is 7.02. The minimum Gasteiger partial charge on any atom is -0.492 e. The fraction of sp³-hybridized carbons (Fsp3) is 0.333. The first-order valence-corrected chi connectivity index (χ1v) is 8.06. The van der Waals surface area contributed by atoms with Crippen LogP contribution in [0, 0.1) is 0 Å². The van der Waals surface area contributed by atoms with Gasteiger partial charge in [0, 0.05) is 16.7 Å². The molecule has 1 aromatic rings. The Kier molecular flexibility index (Phi) is 4.17. The van der Waals surface area contributed by atoms with Gasteiger partial charge in [-0.15, -0.1) is 0 Å². The van der Waals surface area contributed by atoms with Crippen LogP contribution in [0.1, 0.15) is 12.0 Å². The molecule has 0 unspecified atom stereocenters. The average Bonchev–Trinajstić information content (AvgIpc) is 2.35. The van der Waals surface area contributed by atoms with Crippen molar-refractivity contribution in [1.29, 1.82) is 0 Å². The van der Waals surface area contributed by atoms with E-state index in [1.807, 2.05) is 0 Å². The van der Waals surface area contributed by atoms with E-state index in [4.69, 9.17) is 10.5 Å². The number of nitrogen functional groups attached to an aromatic ring is 1. The molecule has 0 saturated carbocycles. The number of aryl methyl sites for hydroxylation is 1. The topological polar surface area (TPSA) is 81.4 Å². The Hall–Kier alpha value is -1.05. The van der Waals surface area contributed by atoms with Crippen LogP contribution in [0.15, 0.2) is 28.1 Å². The van der Waals surface area contributed by atoms with Crippen molar-refractivity contribution in [2.45, 2.75) is 17.7 Å². The molecule has 19 heavy (non-hydrogen) atoms. The number of fused-ring (bicyclic) bond motifs is 1. The predicted molar refractivity (Wildman–Crippen MR) is 77.9 cm³/mol. The van der Waals surface area contributed by atoms with Crippen molar-refractivity contribution < 1.29 is 13.2 Å². The van der Waals surface area contributed by atoms with Crippen LogP contribution < -0.4 is 15.2 Å². The Balaban J connectivity index is 2.43. The van der Waals surface area contributed by atoms with Crippen molar-refractivity contribution in [1.82, 2.24) is 4.72 Å². The molecule has 0 saturated heterocycles. The van der Waals surface area contributed by atoms with Crippen molar-refractivity contribution in [3.05, 3.63) is 28.8 Å². The van der Waals surface area contributed by atoms with Crippen molar-refractivity contribution in [3.63, 3.8) is 0 Å².